The van der Waals surface area contributed by atoms with Crippen molar-refractivity contribution >= 4 is 5.91 Å². The van der Waals surface area contributed by atoms with E-state index in [9.17, 15) is 9.90 Å². The summed E-state index contributed by atoms with van der Waals surface area (Å²) in [6, 6.07) is 7.50. The molecular formula is C15H21NO3. The maximum atomic E-state index is 11.7. The molecule has 2 rings (SSSR count). The number of amides is 1. The average molecular weight is 263 g/mol. The van der Waals surface area contributed by atoms with Gasteiger partial charge in [0.1, 0.15) is 5.75 Å². The van der Waals surface area contributed by atoms with E-state index in [0.29, 0.717) is 11.8 Å². The van der Waals surface area contributed by atoms with Gasteiger partial charge < -0.3 is 15.2 Å². The van der Waals surface area contributed by atoms with E-state index in [4.69, 9.17) is 4.74 Å². The number of benzene rings is 1. The number of ether oxygens (including phenoxy) is 1. The summed E-state index contributed by atoms with van der Waals surface area (Å²) in [5.74, 6) is 0.536. The second-order valence-corrected chi connectivity index (χ2v) is 5.09. The predicted octanol–water partition coefficient (Wildman–Crippen LogP) is 2.18. The molecule has 4 heteroatoms. The number of hydrogen-bond acceptors (Lipinski definition) is 3. The van der Waals surface area contributed by atoms with Crippen LogP contribution in [-0.2, 0) is 4.79 Å². The molecule has 0 heterocycles. The van der Waals surface area contributed by atoms with Crippen LogP contribution in [0.5, 0.6) is 5.75 Å². The molecule has 0 aromatic heterocycles. The molecule has 0 aliphatic heterocycles. The lowest BCUT2D eigenvalue weighted by atomic mass is 10.1. The molecule has 1 saturated carbocycles. The first kappa shape index (κ1) is 13.9. The highest BCUT2D eigenvalue weighted by Crippen LogP contribution is 2.19. The van der Waals surface area contributed by atoms with Crippen molar-refractivity contribution in [2.75, 3.05) is 6.61 Å². The fraction of sp³-hybridized carbons (Fsp3) is 0.533. The molecule has 1 atom stereocenters. The van der Waals surface area contributed by atoms with E-state index in [0.717, 1.165) is 18.4 Å². The van der Waals surface area contributed by atoms with Crippen molar-refractivity contribution in [3.63, 3.8) is 0 Å². The van der Waals surface area contributed by atoms with Gasteiger partial charge in [0, 0.05) is 6.04 Å². The Morgan fingerprint density at radius 2 is 2.21 bits per heavy atom. The van der Waals surface area contributed by atoms with Crippen LogP contribution in [0.2, 0.25) is 0 Å². The normalized spacial score (nSPS) is 17.2. The van der Waals surface area contributed by atoms with Crippen molar-refractivity contribution in [3.05, 3.63) is 29.8 Å². The van der Waals surface area contributed by atoms with Crippen LogP contribution in [0.15, 0.2) is 24.3 Å². The molecule has 1 aliphatic carbocycles. The molecule has 1 fully saturated rings. The van der Waals surface area contributed by atoms with Crippen molar-refractivity contribution in [2.45, 2.75) is 44.8 Å². The Morgan fingerprint density at radius 1 is 1.47 bits per heavy atom. The van der Waals surface area contributed by atoms with Gasteiger partial charge in [0.15, 0.2) is 6.61 Å². The maximum Gasteiger partial charge on any atom is 0.258 e. The van der Waals surface area contributed by atoms with E-state index in [1.807, 2.05) is 12.1 Å². The van der Waals surface area contributed by atoms with Gasteiger partial charge in [-0.05, 0) is 37.5 Å². The third-order valence-corrected chi connectivity index (χ3v) is 3.43. The molecule has 1 aliphatic rings. The molecule has 19 heavy (non-hydrogen) atoms. The van der Waals surface area contributed by atoms with E-state index in [-0.39, 0.29) is 12.5 Å². The summed E-state index contributed by atoms with van der Waals surface area (Å²) in [6.07, 6.45) is 4.01. The molecule has 4 nitrogen and oxygen atoms in total. The van der Waals surface area contributed by atoms with Crippen molar-refractivity contribution in [2.24, 2.45) is 0 Å². The molecule has 2 N–H and O–H groups in total. The van der Waals surface area contributed by atoms with Gasteiger partial charge in [0.05, 0.1) is 6.10 Å². The smallest absolute Gasteiger partial charge is 0.258 e. The van der Waals surface area contributed by atoms with Gasteiger partial charge in [-0.25, -0.2) is 0 Å². The minimum Gasteiger partial charge on any atom is -0.484 e. The maximum absolute atomic E-state index is 11.7. The number of nitrogens with one attached hydrogen (secondary N) is 1. The van der Waals surface area contributed by atoms with Gasteiger partial charge in [-0.2, -0.15) is 0 Å². The van der Waals surface area contributed by atoms with Crippen LogP contribution in [-0.4, -0.2) is 23.7 Å². The summed E-state index contributed by atoms with van der Waals surface area (Å²) in [5, 5.41) is 12.5. The summed E-state index contributed by atoms with van der Waals surface area (Å²) in [6.45, 7) is 1.73. The highest BCUT2D eigenvalue weighted by atomic mass is 16.5. The number of rotatable bonds is 5. The minimum absolute atomic E-state index is 0.0275. The summed E-state index contributed by atoms with van der Waals surface area (Å²) in [5.41, 5.74) is 0.786. The summed E-state index contributed by atoms with van der Waals surface area (Å²) in [7, 11) is 0. The Labute approximate surface area is 113 Å². The highest BCUT2D eigenvalue weighted by Gasteiger charge is 2.17. The number of hydrogen-bond donors (Lipinski definition) is 2. The van der Waals surface area contributed by atoms with Crippen LogP contribution in [0.1, 0.15) is 44.3 Å². The fourth-order valence-electron chi connectivity index (χ4n) is 2.35. The topological polar surface area (TPSA) is 58.6 Å². The van der Waals surface area contributed by atoms with Gasteiger partial charge in [-0.15, -0.1) is 0 Å². The molecule has 0 spiro atoms. The Hall–Kier alpha value is -1.55. The van der Waals surface area contributed by atoms with Crippen molar-refractivity contribution in [1.82, 2.24) is 5.32 Å². The van der Waals surface area contributed by atoms with Crippen LogP contribution >= 0.6 is 0 Å². The number of aliphatic hydroxyl groups excluding tert-OH is 1. The molecular weight excluding hydrogens is 242 g/mol. The third kappa shape index (κ3) is 4.24. The van der Waals surface area contributed by atoms with E-state index in [1.54, 1.807) is 19.1 Å². The van der Waals surface area contributed by atoms with Crippen LogP contribution < -0.4 is 10.1 Å². The van der Waals surface area contributed by atoms with Gasteiger partial charge in [0.2, 0.25) is 0 Å². The number of carbonyl (C=O) groups excluding carboxylic acids is 1. The average Bonchev–Trinajstić information content (AvgIpc) is 2.89. The Kier molecular flexibility index (Phi) is 4.80. The number of carbonyl (C=O) groups is 1. The second-order valence-electron chi connectivity index (χ2n) is 5.09. The standard InChI is InChI=1S/C15H21NO3/c1-11(17)12-5-4-8-14(9-12)19-10-15(18)16-13-6-2-3-7-13/h4-5,8-9,11,13,17H,2-3,6-7,10H2,1H3,(H,16,18)/t11-/m1/s1. The lowest BCUT2D eigenvalue weighted by Crippen LogP contribution is -2.36. The largest absolute Gasteiger partial charge is 0.484 e. The molecule has 1 aromatic carbocycles. The van der Waals surface area contributed by atoms with Gasteiger partial charge in [-0.1, -0.05) is 25.0 Å². The molecule has 0 saturated heterocycles. The quantitative estimate of drug-likeness (QED) is 0.856. The minimum atomic E-state index is -0.532. The van der Waals surface area contributed by atoms with Crippen molar-refractivity contribution in [3.8, 4) is 5.75 Å². The Balaban J connectivity index is 1.80. The molecule has 0 unspecified atom stereocenters. The van der Waals surface area contributed by atoms with E-state index < -0.39 is 6.10 Å². The summed E-state index contributed by atoms with van der Waals surface area (Å²) in [4.78, 5) is 11.7. The third-order valence-electron chi connectivity index (χ3n) is 3.43. The second kappa shape index (κ2) is 6.57. The van der Waals surface area contributed by atoms with E-state index >= 15 is 0 Å². The zero-order valence-corrected chi connectivity index (χ0v) is 11.3. The van der Waals surface area contributed by atoms with Crippen molar-refractivity contribution < 1.29 is 14.6 Å². The fourth-order valence-corrected chi connectivity index (χ4v) is 2.35. The highest BCUT2D eigenvalue weighted by molar-refractivity contribution is 5.77. The molecule has 0 radical (unpaired) electrons. The first-order valence-corrected chi connectivity index (χ1v) is 6.85. The van der Waals surface area contributed by atoms with E-state index in [1.165, 1.54) is 12.8 Å². The van der Waals surface area contributed by atoms with Crippen LogP contribution in [0.25, 0.3) is 0 Å². The van der Waals surface area contributed by atoms with E-state index in [2.05, 4.69) is 5.32 Å². The molecule has 104 valence electrons. The zero-order chi connectivity index (χ0) is 13.7. The lowest BCUT2D eigenvalue weighted by molar-refractivity contribution is -0.123. The molecule has 1 aromatic rings. The molecule has 1 amide bonds. The predicted molar refractivity (Wildman–Crippen MR) is 73.0 cm³/mol. The SMILES string of the molecule is C[C@@H](O)c1cccc(OCC(=O)NC2CCCC2)c1. The van der Waals surface area contributed by atoms with Crippen molar-refractivity contribution in [1.29, 1.82) is 0 Å². The Morgan fingerprint density at radius 3 is 2.89 bits per heavy atom. The summed E-state index contributed by atoms with van der Waals surface area (Å²) >= 11 is 0. The zero-order valence-electron chi connectivity index (χ0n) is 11.3. The molecule has 0 bridgehead atoms. The first-order chi connectivity index (χ1) is 9.15. The van der Waals surface area contributed by atoms with Crippen LogP contribution in [0.3, 0.4) is 0 Å². The lowest BCUT2D eigenvalue weighted by Gasteiger charge is -2.13. The van der Waals surface area contributed by atoms with Gasteiger partial charge in [0.25, 0.3) is 5.91 Å². The van der Waals surface area contributed by atoms with Crippen LogP contribution in [0, 0.1) is 0 Å². The van der Waals surface area contributed by atoms with Gasteiger partial charge in [-0.3, -0.25) is 4.79 Å². The monoisotopic (exact) mass is 263 g/mol. The van der Waals surface area contributed by atoms with Gasteiger partial charge >= 0.3 is 0 Å². The Bertz CT molecular complexity index is 425. The number of aliphatic hydroxyl groups is 1. The summed E-state index contributed by atoms with van der Waals surface area (Å²) < 4.78 is 5.45. The van der Waals surface area contributed by atoms with Crippen LogP contribution in [0.4, 0.5) is 0 Å². The first-order valence-electron chi connectivity index (χ1n) is 6.85.